The summed E-state index contributed by atoms with van der Waals surface area (Å²) in [5, 5.41) is 2.46. The summed E-state index contributed by atoms with van der Waals surface area (Å²) in [6, 6.07) is 7.24. The summed E-state index contributed by atoms with van der Waals surface area (Å²) >= 11 is 0.995. The minimum atomic E-state index is -0.241. The zero-order chi connectivity index (χ0) is 13.8. The number of carbonyl (C=O) groups excluding carboxylic acids is 3. The second kappa shape index (κ2) is 5.88. The molecule has 0 aromatic heterocycles. The third-order valence-corrected chi connectivity index (χ3v) is 3.60. The first-order valence-electron chi connectivity index (χ1n) is 5.90. The summed E-state index contributed by atoms with van der Waals surface area (Å²) in [4.78, 5) is 35.7. The van der Waals surface area contributed by atoms with E-state index in [9.17, 15) is 14.4 Å². The van der Waals surface area contributed by atoms with Gasteiger partial charge in [0.15, 0.2) is 0 Å². The lowest BCUT2D eigenvalue weighted by Crippen LogP contribution is -2.37. The van der Waals surface area contributed by atoms with Gasteiger partial charge in [-0.25, -0.2) is 0 Å². The van der Waals surface area contributed by atoms with Crippen LogP contribution in [0.25, 0.3) is 0 Å². The van der Waals surface area contributed by atoms with Gasteiger partial charge in [-0.2, -0.15) is 0 Å². The Morgan fingerprint density at radius 1 is 1.42 bits per heavy atom. The minimum absolute atomic E-state index is 0.195. The highest BCUT2D eigenvalue weighted by molar-refractivity contribution is 8.14. The molecule has 5 nitrogen and oxygen atoms in total. The second-order valence-corrected chi connectivity index (χ2v) is 5.15. The number of hydrogen-bond donors (Lipinski definition) is 1. The molecule has 0 radical (unpaired) electrons. The van der Waals surface area contributed by atoms with Crippen LogP contribution in [-0.4, -0.2) is 40.8 Å². The zero-order valence-electron chi connectivity index (χ0n) is 10.5. The largest absolute Gasteiger partial charge is 0.350 e. The van der Waals surface area contributed by atoms with Gasteiger partial charge in [-0.1, -0.05) is 29.5 Å². The topological polar surface area (TPSA) is 66.5 Å². The predicted molar refractivity (Wildman–Crippen MR) is 73.1 cm³/mol. The van der Waals surface area contributed by atoms with E-state index in [0.717, 1.165) is 17.3 Å². The second-order valence-electron chi connectivity index (χ2n) is 4.23. The van der Waals surface area contributed by atoms with Crippen molar-refractivity contribution >= 4 is 28.8 Å². The molecule has 1 aliphatic rings. The Morgan fingerprint density at radius 3 is 2.84 bits per heavy atom. The zero-order valence-corrected chi connectivity index (χ0v) is 11.3. The summed E-state index contributed by atoms with van der Waals surface area (Å²) < 4.78 is 0. The molecule has 1 heterocycles. The van der Waals surface area contributed by atoms with Gasteiger partial charge in [0.2, 0.25) is 5.91 Å². The SMILES string of the molecule is Cc1cccc(C(=O)NCCN2C(=O)CSC2=O)c1. The standard InChI is InChI=1S/C13H14N2O3S/c1-9-3-2-4-10(7-9)12(17)14-5-6-15-11(16)8-19-13(15)18/h2-4,7H,5-6,8H2,1H3,(H,14,17). The summed E-state index contributed by atoms with van der Waals surface area (Å²) in [7, 11) is 0. The molecule has 3 amide bonds. The Hall–Kier alpha value is -1.82. The molecule has 1 fully saturated rings. The molecular weight excluding hydrogens is 264 g/mol. The lowest BCUT2D eigenvalue weighted by Gasteiger charge is -2.13. The molecule has 19 heavy (non-hydrogen) atoms. The average molecular weight is 278 g/mol. The van der Waals surface area contributed by atoms with Crippen LogP contribution >= 0.6 is 11.8 Å². The van der Waals surface area contributed by atoms with Crippen LogP contribution in [0.1, 0.15) is 15.9 Å². The maximum absolute atomic E-state index is 11.8. The van der Waals surface area contributed by atoms with E-state index in [1.807, 2.05) is 19.1 Å². The molecule has 1 N–H and O–H groups in total. The van der Waals surface area contributed by atoms with E-state index in [1.165, 1.54) is 4.90 Å². The number of imide groups is 1. The van der Waals surface area contributed by atoms with Crippen molar-refractivity contribution in [2.24, 2.45) is 0 Å². The van der Waals surface area contributed by atoms with Crippen molar-refractivity contribution in [3.63, 3.8) is 0 Å². The van der Waals surface area contributed by atoms with E-state index in [4.69, 9.17) is 0 Å². The van der Waals surface area contributed by atoms with Gasteiger partial charge >= 0.3 is 0 Å². The summed E-state index contributed by atoms with van der Waals surface area (Å²) in [6.45, 7) is 2.41. The first kappa shape index (κ1) is 13.6. The summed E-state index contributed by atoms with van der Waals surface area (Å²) in [6.07, 6.45) is 0. The van der Waals surface area contributed by atoms with E-state index in [0.29, 0.717) is 5.56 Å². The molecule has 100 valence electrons. The number of hydrogen-bond acceptors (Lipinski definition) is 4. The molecule has 0 aliphatic carbocycles. The lowest BCUT2D eigenvalue weighted by molar-refractivity contribution is -0.124. The molecule has 0 spiro atoms. The Labute approximate surface area is 115 Å². The minimum Gasteiger partial charge on any atom is -0.350 e. The van der Waals surface area contributed by atoms with Gasteiger partial charge in [0.25, 0.3) is 11.1 Å². The molecular formula is C13H14N2O3S. The van der Waals surface area contributed by atoms with Crippen molar-refractivity contribution in [1.29, 1.82) is 0 Å². The Bertz CT molecular complexity index is 514. The van der Waals surface area contributed by atoms with Gasteiger partial charge in [-0.05, 0) is 19.1 Å². The number of amides is 3. The van der Waals surface area contributed by atoms with E-state index >= 15 is 0 Å². The van der Waals surface area contributed by atoms with Crippen LogP contribution < -0.4 is 5.32 Å². The van der Waals surface area contributed by atoms with Gasteiger partial charge in [-0.15, -0.1) is 0 Å². The molecule has 0 atom stereocenters. The van der Waals surface area contributed by atoms with Crippen molar-refractivity contribution in [1.82, 2.24) is 10.2 Å². The Balaban J connectivity index is 1.84. The fourth-order valence-corrected chi connectivity index (χ4v) is 2.52. The molecule has 1 aromatic rings. The maximum atomic E-state index is 11.8. The van der Waals surface area contributed by atoms with Gasteiger partial charge < -0.3 is 5.32 Å². The number of rotatable bonds is 4. The van der Waals surface area contributed by atoms with Crippen LogP contribution in [0, 0.1) is 6.92 Å². The quantitative estimate of drug-likeness (QED) is 0.904. The van der Waals surface area contributed by atoms with Crippen molar-refractivity contribution in [2.45, 2.75) is 6.92 Å². The van der Waals surface area contributed by atoms with E-state index < -0.39 is 0 Å². The van der Waals surface area contributed by atoms with Crippen LogP contribution in [0.5, 0.6) is 0 Å². The molecule has 0 bridgehead atoms. The number of carbonyl (C=O) groups is 3. The van der Waals surface area contributed by atoms with Crippen molar-refractivity contribution in [3.05, 3.63) is 35.4 Å². The first-order chi connectivity index (χ1) is 9.08. The average Bonchev–Trinajstić information content (AvgIpc) is 2.70. The lowest BCUT2D eigenvalue weighted by atomic mass is 10.1. The fraction of sp³-hybridized carbons (Fsp3) is 0.308. The number of thioether (sulfide) groups is 1. The molecule has 6 heteroatoms. The Kier molecular flexibility index (Phi) is 4.21. The molecule has 1 aliphatic heterocycles. The van der Waals surface area contributed by atoms with Crippen LogP contribution in [-0.2, 0) is 4.79 Å². The van der Waals surface area contributed by atoms with Gasteiger partial charge in [0.05, 0.1) is 5.75 Å². The highest BCUT2D eigenvalue weighted by Crippen LogP contribution is 2.17. The molecule has 1 aromatic carbocycles. The van der Waals surface area contributed by atoms with Crippen LogP contribution in [0.15, 0.2) is 24.3 Å². The third kappa shape index (κ3) is 3.35. The highest BCUT2D eigenvalue weighted by Gasteiger charge is 2.29. The third-order valence-electron chi connectivity index (χ3n) is 2.74. The first-order valence-corrected chi connectivity index (χ1v) is 6.88. The van der Waals surface area contributed by atoms with Crippen molar-refractivity contribution in [2.75, 3.05) is 18.8 Å². The molecule has 1 saturated heterocycles. The Morgan fingerprint density at radius 2 is 2.21 bits per heavy atom. The fourth-order valence-electron chi connectivity index (χ4n) is 1.77. The molecule has 0 unspecified atom stereocenters. The normalized spacial score (nSPS) is 14.9. The van der Waals surface area contributed by atoms with Crippen LogP contribution in [0.2, 0.25) is 0 Å². The van der Waals surface area contributed by atoms with Crippen LogP contribution in [0.4, 0.5) is 4.79 Å². The van der Waals surface area contributed by atoms with Crippen molar-refractivity contribution < 1.29 is 14.4 Å². The van der Waals surface area contributed by atoms with Gasteiger partial charge in [0.1, 0.15) is 0 Å². The van der Waals surface area contributed by atoms with Gasteiger partial charge in [0, 0.05) is 18.7 Å². The summed E-state index contributed by atoms with van der Waals surface area (Å²) in [5.74, 6) is -0.194. The van der Waals surface area contributed by atoms with Crippen molar-refractivity contribution in [3.8, 4) is 0 Å². The van der Waals surface area contributed by atoms with Crippen LogP contribution in [0.3, 0.4) is 0 Å². The molecule has 2 rings (SSSR count). The monoisotopic (exact) mass is 278 g/mol. The highest BCUT2D eigenvalue weighted by atomic mass is 32.2. The maximum Gasteiger partial charge on any atom is 0.288 e. The van der Waals surface area contributed by atoms with E-state index in [-0.39, 0.29) is 35.9 Å². The smallest absolute Gasteiger partial charge is 0.288 e. The van der Waals surface area contributed by atoms with E-state index in [2.05, 4.69) is 5.32 Å². The summed E-state index contributed by atoms with van der Waals surface area (Å²) in [5.41, 5.74) is 1.59. The number of nitrogens with one attached hydrogen (secondary N) is 1. The number of nitrogens with zero attached hydrogens (tertiary/aromatic N) is 1. The predicted octanol–water partition coefficient (Wildman–Crippen LogP) is 1.42. The molecule has 0 saturated carbocycles. The number of aryl methyl sites for hydroxylation is 1. The van der Waals surface area contributed by atoms with Gasteiger partial charge in [-0.3, -0.25) is 19.3 Å². The van der Waals surface area contributed by atoms with E-state index in [1.54, 1.807) is 12.1 Å². The number of benzene rings is 1.